The Kier molecular flexibility index (Phi) is 6.11. The minimum Gasteiger partial charge on any atom is -0.486 e. The average Bonchev–Trinajstić information content (AvgIpc) is 3.75. The van der Waals surface area contributed by atoms with E-state index in [4.69, 9.17) is 4.74 Å². The molecule has 2 atom stereocenters. The zero-order valence-corrected chi connectivity index (χ0v) is 21.3. The molecule has 1 saturated carbocycles. The van der Waals surface area contributed by atoms with E-state index in [0.717, 1.165) is 61.3 Å². The molecule has 1 N–H and O–H groups in total. The number of carboxylic acids is 1. The smallest absolute Gasteiger partial charge is 0.314 e. The highest BCUT2D eigenvalue weighted by Crippen LogP contribution is 2.49. The summed E-state index contributed by atoms with van der Waals surface area (Å²) in [6.45, 7) is 3.11. The largest absolute Gasteiger partial charge is 0.486 e. The van der Waals surface area contributed by atoms with E-state index in [1.807, 2.05) is 30.3 Å². The van der Waals surface area contributed by atoms with Crippen molar-refractivity contribution in [1.29, 1.82) is 0 Å². The fourth-order valence-corrected chi connectivity index (χ4v) is 5.89. The maximum atomic E-state index is 11.8. The number of fused-ring (bicyclic) bond motifs is 2. The lowest BCUT2D eigenvalue weighted by molar-refractivity contribution is -0.140. The number of rotatable bonds is 8. The third-order valence-corrected chi connectivity index (χ3v) is 8.24. The fraction of sp³-hybridized carbons (Fsp3) is 0.303. The average molecular weight is 492 g/mol. The van der Waals surface area contributed by atoms with Crippen molar-refractivity contribution in [1.82, 2.24) is 0 Å². The molecule has 1 aliphatic heterocycles. The predicted molar refractivity (Wildman–Crippen MR) is 149 cm³/mol. The highest BCUT2D eigenvalue weighted by Gasteiger charge is 2.51. The van der Waals surface area contributed by atoms with Crippen LogP contribution in [-0.2, 0) is 10.2 Å². The Labute approximate surface area is 218 Å². The van der Waals surface area contributed by atoms with Gasteiger partial charge in [-0.05, 0) is 84.2 Å². The maximum Gasteiger partial charge on any atom is 0.314 e. The molecule has 4 nitrogen and oxygen atoms in total. The first-order chi connectivity index (χ1) is 18.0. The molecular weight excluding hydrogens is 458 g/mol. The number of carboxylic acid groups (broad SMARTS) is 1. The van der Waals surface area contributed by atoms with Gasteiger partial charge in [-0.3, -0.25) is 4.79 Å². The second-order valence-corrected chi connectivity index (χ2v) is 10.7. The lowest BCUT2D eigenvalue weighted by Crippen LogP contribution is -2.37. The number of anilines is 2. The van der Waals surface area contributed by atoms with Crippen LogP contribution < -0.4 is 9.64 Å². The van der Waals surface area contributed by atoms with Crippen molar-refractivity contribution in [2.45, 2.75) is 56.5 Å². The SMILES string of the molecule is C[C@@H](CCCC1CN(c2ccc(C3(C(=O)O)CC3)cc2)c2ccccc2O1)c1cccc2ccccc12. The maximum absolute atomic E-state index is 11.8. The topological polar surface area (TPSA) is 49.8 Å². The summed E-state index contributed by atoms with van der Waals surface area (Å²) in [7, 11) is 0. The molecule has 6 rings (SSSR count). The van der Waals surface area contributed by atoms with Gasteiger partial charge in [-0.2, -0.15) is 0 Å². The number of aliphatic carboxylic acids is 1. The molecule has 0 saturated heterocycles. The van der Waals surface area contributed by atoms with Crippen LogP contribution in [0.4, 0.5) is 11.4 Å². The fourth-order valence-electron chi connectivity index (χ4n) is 5.89. The second kappa shape index (κ2) is 9.59. The number of nitrogens with zero attached hydrogens (tertiary/aromatic N) is 1. The molecule has 4 aromatic rings. The zero-order valence-electron chi connectivity index (χ0n) is 21.3. The van der Waals surface area contributed by atoms with Crippen molar-refractivity contribution in [2.75, 3.05) is 11.4 Å². The first-order valence-electron chi connectivity index (χ1n) is 13.4. The van der Waals surface area contributed by atoms with E-state index in [-0.39, 0.29) is 6.10 Å². The summed E-state index contributed by atoms with van der Waals surface area (Å²) in [5.41, 5.74) is 3.80. The van der Waals surface area contributed by atoms with Crippen molar-refractivity contribution < 1.29 is 14.6 Å². The van der Waals surface area contributed by atoms with Crippen LogP contribution >= 0.6 is 0 Å². The van der Waals surface area contributed by atoms with E-state index in [2.05, 4.69) is 72.5 Å². The number of hydrogen-bond acceptors (Lipinski definition) is 3. The molecule has 1 aliphatic carbocycles. The van der Waals surface area contributed by atoms with E-state index in [0.29, 0.717) is 5.92 Å². The summed E-state index contributed by atoms with van der Waals surface area (Å²) in [6, 6.07) is 31.6. The molecule has 4 heteroatoms. The quantitative estimate of drug-likeness (QED) is 0.273. The number of para-hydroxylation sites is 2. The number of hydrogen-bond donors (Lipinski definition) is 1. The van der Waals surface area contributed by atoms with Crippen LogP contribution in [-0.4, -0.2) is 23.7 Å². The molecule has 0 bridgehead atoms. The Hall–Kier alpha value is -3.79. The molecule has 0 radical (unpaired) electrons. The van der Waals surface area contributed by atoms with Crippen LogP contribution in [0.15, 0.2) is 91.0 Å². The van der Waals surface area contributed by atoms with E-state index in [1.54, 1.807) is 0 Å². The van der Waals surface area contributed by atoms with Crippen molar-refractivity contribution >= 4 is 28.1 Å². The van der Waals surface area contributed by atoms with Gasteiger partial charge in [-0.25, -0.2) is 0 Å². The Morgan fingerprint density at radius 2 is 1.70 bits per heavy atom. The number of benzene rings is 4. The highest BCUT2D eigenvalue weighted by molar-refractivity contribution is 5.86. The molecule has 0 spiro atoms. The van der Waals surface area contributed by atoms with E-state index in [9.17, 15) is 9.90 Å². The van der Waals surface area contributed by atoms with Gasteiger partial charge in [0.25, 0.3) is 0 Å². The van der Waals surface area contributed by atoms with Gasteiger partial charge < -0.3 is 14.7 Å². The van der Waals surface area contributed by atoms with E-state index in [1.165, 1.54) is 16.3 Å². The van der Waals surface area contributed by atoms with Crippen molar-refractivity contribution in [3.05, 3.63) is 102 Å². The first-order valence-corrected chi connectivity index (χ1v) is 13.4. The van der Waals surface area contributed by atoms with E-state index >= 15 is 0 Å². The normalized spacial score (nSPS) is 18.6. The van der Waals surface area contributed by atoms with Crippen LogP contribution in [0.5, 0.6) is 5.75 Å². The third-order valence-electron chi connectivity index (χ3n) is 8.24. The Morgan fingerprint density at radius 3 is 2.49 bits per heavy atom. The van der Waals surface area contributed by atoms with Crippen molar-refractivity contribution in [2.24, 2.45) is 0 Å². The summed E-state index contributed by atoms with van der Waals surface area (Å²) in [5, 5.41) is 12.3. The van der Waals surface area contributed by atoms with E-state index < -0.39 is 11.4 Å². The molecular formula is C33H33NO3. The second-order valence-electron chi connectivity index (χ2n) is 10.7. The van der Waals surface area contributed by atoms with Crippen LogP contribution in [0, 0.1) is 0 Å². The summed E-state index contributed by atoms with van der Waals surface area (Å²) in [5.74, 6) is 0.679. The highest BCUT2D eigenvalue weighted by atomic mass is 16.5. The summed E-state index contributed by atoms with van der Waals surface area (Å²) >= 11 is 0. The van der Waals surface area contributed by atoms with Gasteiger partial charge in [0.1, 0.15) is 11.9 Å². The standard InChI is InChI=1S/C33H33NO3/c1-23(28-13-7-10-24-9-2-3-12-29(24)28)8-6-11-27-22-34(30-14-4-5-15-31(30)37-27)26-18-16-25(17-19-26)33(20-21-33)32(35)36/h2-5,7,9-10,12-19,23,27H,6,8,11,20-22H2,1H3,(H,35,36)/t23-,27?/m0/s1. The minimum absolute atomic E-state index is 0.100. The number of ether oxygens (including phenoxy) is 1. The molecule has 0 amide bonds. The molecule has 4 aromatic carbocycles. The summed E-state index contributed by atoms with van der Waals surface area (Å²) in [4.78, 5) is 14.1. The van der Waals surface area contributed by atoms with Gasteiger partial charge in [0.05, 0.1) is 17.6 Å². The molecule has 37 heavy (non-hydrogen) atoms. The van der Waals surface area contributed by atoms with Gasteiger partial charge in [0, 0.05) is 5.69 Å². The van der Waals surface area contributed by atoms with Crippen LogP contribution in [0.1, 0.15) is 56.1 Å². The van der Waals surface area contributed by atoms with Crippen molar-refractivity contribution in [3.63, 3.8) is 0 Å². The van der Waals surface area contributed by atoms with Gasteiger partial charge >= 0.3 is 5.97 Å². The van der Waals surface area contributed by atoms with Crippen molar-refractivity contribution in [3.8, 4) is 5.75 Å². The zero-order chi connectivity index (χ0) is 25.4. The Balaban J connectivity index is 1.16. The number of carbonyl (C=O) groups is 1. The lowest BCUT2D eigenvalue weighted by Gasteiger charge is -2.36. The summed E-state index contributed by atoms with van der Waals surface area (Å²) in [6.07, 6.45) is 4.73. The minimum atomic E-state index is -0.713. The van der Waals surface area contributed by atoms with Crippen LogP contribution in [0.2, 0.25) is 0 Å². The molecule has 0 aromatic heterocycles. The van der Waals surface area contributed by atoms with Gasteiger partial charge in [0.15, 0.2) is 0 Å². The summed E-state index contributed by atoms with van der Waals surface area (Å²) < 4.78 is 6.44. The molecule has 188 valence electrons. The molecule has 1 heterocycles. The van der Waals surface area contributed by atoms with Gasteiger partial charge in [-0.1, -0.05) is 73.7 Å². The van der Waals surface area contributed by atoms with Crippen LogP contribution in [0.3, 0.4) is 0 Å². The molecule has 1 unspecified atom stereocenters. The van der Waals surface area contributed by atoms with Gasteiger partial charge in [-0.15, -0.1) is 0 Å². The molecule has 1 fully saturated rings. The van der Waals surface area contributed by atoms with Crippen LogP contribution in [0.25, 0.3) is 10.8 Å². The Morgan fingerprint density at radius 1 is 0.973 bits per heavy atom. The Bertz CT molecular complexity index is 1420. The third kappa shape index (κ3) is 4.46. The monoisotopic (exact) mass is 491 g/mol. The van der Waals surface area contributed by atoms with Gasteiger partial charge in [0.2, 0.25) is 0 Å². The predicted octanol–water partition coefficient (Wildman–Crippen LogP) is 7.83. The first kappa shape index (κ1) is 23.6. The molecule has 2 aliphatic rings. The lowest BCUT2D eigenvalue weighted by atomic mass is 9.90.